The second kappa shape index (κ2) is 5.39. The van der Waals surface area contributed by atoms with E-state index in [1.54, 1.807) is 18.0 Å². The lowest BCUT2D eigenvalue weighted by molar-refractivity contribution is 0.527. The Kier molecular flexibility index (Phi) is 3.62. The van der Waals surface area contributed by atoms with E-state index in [-0.39, 0.29) is 0 Å². The van der Waals surface area contributed by atoms with Crippen LogP contribution >= 0.6 is 11.8 Å². The van der Waals surface area contributed by atoms with Gasteiger partial charge in [-0.25, -0.2) is 4.98 Å². The molecule has 4 heteroatoms. The molecule has 3 rings (SSSR count). The van der Waals surface area contributed by atoms with Crippen LogP contribution in [-0.2, 0) is 19.4 Å². The predicted molar refractivity (Wildman–Crippen MR) is 76.3 cm³/mol. The van der Waals surface area contributed by atoms with Gasteiger partial charge in [0.05, 0.1) is 11.2 Å². The maximum atomic E-state index is 5.87. The van der Waals surface area contributed by atoms with Gasteiger partial charge in [0.1, 0.15) is 10.8 Å². The number of pyridine rings is 1. The van der Waals surface area contributed by atoms with E-state index in [1.165, 1.54) is 24.1 Å². The second-order valence-corrected chi connectivity index (χ2v) is 5.94. The number of nitrogens with two attached hydrogens (primary N) is 1. The summed E-state index contributed by atoms with van der Waals surface area (Å²) in [7, 11) is 0. The van der Waals surface area contributed by atoms with E-state index in [9.17, 15) is 0 Å². The summed E-state index contributed by atoms with van der Waals surface area (Å²) in [6.45, 7) is 2.52. The third-order valence-corrected chi connectivity index (χ3v) is 4.77. The minimum absolute atomic E-state index is 0.541. The third-order valence-electron chi connectivity index (χ3n) is 3.58. The summed E-state index contributed by atoms with van der Waals surface area (Å²) in [6, 6.07) is 4.24. The van der Waals surface area contributed by atoms with Crippen molar-refractivity contribution in [2.45, 2.75) is 49.1 Å². The molecule has 0 amide bonds. The first-order valence-electron chi connectivity index (χ1n) is 6.71. The number of aryl methyl sites for hydroxylation is 3. The highest BCUT2D eigenvalue weighted by molar-refractivity contribution is 7.99. The van der Waals surface area contributed by atoms with Crippen molar-refractivity contribution >= 4 is 11.8 Å². The summed E-state index contributed by atoms with van der Waals surface area (Å²) in [5.74, 6) is 0.937. The summed E-state index contributed by atoms with van der Waals surface area (Å²) in [5, 5.41) is 1.03. The van der Waals surface area contributed by atoms with E-state index in [0.29, 0.717) is 6.54 Å². The molecule has 0 spiro atoms. The lowest BCUT2D eigenvalue weighted by Gasteiger charge is -2.17. The maximum Gasteiger partial charge on any atom is 0.114 e. The number of nitrogens with zero attached hydrogens (tertiary/aromatic N) is 1. The molecule has 0 saturated carbocycles. The third kappa shape index (κ3) is 2.55. The molecule has 0 aromatic carbocycles. The second-order valence-electron chi connectivity index (χ2n) is 4.91. The molecule has 2 N–H and O–H groups in total. The Bertz CT molecular complexity index is 592. The van der Waals surface area contributed by atoms with Gasteiger partial charge >= 0.3 is 0 Å². The van der Waals surface area contributed by atoms with Crippen LogP contribution in [0.1, 0.15) is 35.4 Å². The fraction of sp³-hybridized carbons (Fsp3) is 0.400. The Labute approximate surface area is 117 Å². The minimum Gasteiger partial charge on any atom is -0.468 e. The maximum absolute atomic E-state index is 5.87. The summed E-state index contributed by atoms with van der Waals surface area (Å²) in [4.78, 5) is 5.96. The van der Waals surface area contributed by atoms with Crippen molar-refractivity contribution in [2.75, 3.05) is 0 Å². The topological polar surface area (TPSA) is 52.0 Å². The van der Waals surface area contributed by atoms with E-state index >= 15 is 0 Å². The van der Waals surface area contributed by atoms with Crippen LogP contribution in [-0.4, -0.2) is 4.98 Å². The highest BCUT2D eigenvalue weighted by Crippen LogP contribution is 2.34. The molecular weight excluding hydrogens is 256 g/mol. The molecule has 2 aromatic heterocycles. The normalized spacial score (nSPS) is 14.4. The van der Waals surface area contributed by atoms with Crippen molar-refractivity contribution < 1.29 is 4.42 Å². The summed E-state index contributed by atoms with van der Waals surface area (Å²) >= 11 is 1.66. The van der Waals surface area contributed by atoms with Crippen LogP contribution in [0.3, 0.4) is 0 Å². The van der Waals surface area contributed by atoms with Gasteiger partial charge in [-0.2, -0.15) is 0 Å². The van der Waals surface area contributed by atoms with E-state index in [4.69, 9.17) is 15.1 Å². The van der Waals surface area contributed by atoms with Gasteiger partial charge in [-0.15, -0.1) is 0 Å². The molecule has 1 aliphatic rings. The average Bonchev–Trinajstić information content (AvgIpc) is 2.83. The molecule has 3 nitrogen and oxygen atoms in total. The zero-order valence-electron chi connectivity index (χ0n) is 11.1. The molecule has 2 aromatic rings. The van der Waals surface area contributed by atoms with E-state index in [2.05, 4.69) is 6.07 Å². The molecule has 0 unspecified atom stereocenters. The number of furan rings is 1. The van der Waals surface area contributed by atoms with Gasteiger partial charge in [0.25, 0.3) is 0 Å². The lowest BCUT2D eigenvalue weighted by atomic mass is 9.95. The monoisotopic (exact) mass is 274 g/mol. The van der Waals surface area contributed by atoms with Crippen LogP contribution in [0.25, 0.3) is 0 Å². The van der Waals surface area contributed by atoms with E-state index < -0.39 is 0 Å². The van der Waals surface area contributed by atoms with Gasteiger partial charge in [-0.1, -0.05) is 17.8 Å². The van der Waals surface area contributed by atoms with Crippen LogP contribution in [0.2, 0.25) is 0 Å². The fourth-order valence-corrected chi connectivity index (χ4v) is 3.43. The van der Waals surface area contributed by atoms with Gasteiger partial charge in [-0.3, -0.25) is 0 Å². The first kappa shape index (κ1) is 12.8. The molecule has 0 saturated heterocycles. The Morgan fingerprint density at radius 1 is 1.37 bits per heavy atom. The standard InChI is InChI=1S/C15H18N2OS/c1-10-14(6-7-18-10)19-15-12(9-16)8-11-4-2-3-5-13(11)17-15/h6-8H,2-5,9,16H2,1H3. The van der Waals surface area contributed by atoms with Crippen molar-refractivity contribution in [3.05, 3.63) is 41.0 Å². The number of hydrogen-bond acceptors (Lipinski definition) is 4. The van der Waals surface area contributed by atoms with Crippen molar-refractivity contribution in [1.82, 2.24) is 4.98 Å². The molecule has 0 radical (unpaired) electrons. The zero-order chi connectivity index (χ0) is 13.2. The van der Waals surface area contributed by atoms with Crippen LogP contribution in [0.15, 0.2) is 32.7 Å². The average molecular weight is 274 g/mol. The molecular formula is C15H18N2OS. The number of aromatic nitrogens is 1. The Hall–Kier alpha value is -1.26. The van der Waals surface area contributed by atoms with Crippen molar-refractivity contribution in [3.8, 4) is 0 Å². The number of hydrogen-bond donors (Lipinski definition) is 1. The lowest BCUT2D eigenvalue weighted by Crippen LogP contribution is -2.10. The van der Waals surface area contributed by atoms with Gasteiger partial charge in [-0.05, 0) is 49.8 Å². The summed E-state index contributed by atoms with van der Waals surface area (Å²) < 4.78 is 5.34. The quantitative estimate of drug-likeness (QED) is 0.931. The smallest absolute Gasteiger partial charge is 0.114 e. The first-order valence-corrected chi connectivity index (χ1v) is 7.53. The Morgan fingerprint density at radius 3 is 2.95 bits per heavy atom. The van der Waals surface area contributed by atoms with Crippen molar-refractivity contribution in [2.24, 2.45) is 5.73 Å². The number of rotatable bonds is 3. The van der Waals surface area contributed by atoms with Crippen LogP contribution in [0.4, 0.5) is 0 Å². The van der Waals surface area contributed by atoms with Crippen LogP contribution in [0, 0.1) is 6.92 Å². The van der Waals surface area contributed by atoms with E-state index in [0.717, 1.165) is 34.1 Å². The molecule has 19 heavy (non-hydrogen) atoms. The van der Waals surface area contributed by atoms with Crippen LogP contribution < -0.4 is 5.73 Å². The highest BCUT2D eigenvalue weighted by Gasteiger charge is 2.16. The van der Waals surface area contributed by atoms with Crippen molar-refractivity contribution in [1.29, 1.82) is 0 Å². The van der Waals surface area contributed by atoms with Gasteiger partial charge in [0.2, 0.25) is 0 Å². The highest BCUT2D eigenvalue weighted by atomic mass is 32.2. The van der Waals surface area contributed by atoms with Crippen molar-refractivity contribution in [3.63, 3.8) is 0 Å². The number of fused-ring (bicyclic) bond motifs is 1. The summed E-state index contributed by atoms with van der Waals surface area (Å²) in [6.07, 6.45) is 6.48. The molecule has 2 heterocycles. The SMILES string of the molecule is Cc1occc1Sc1nc2c(cc1CN)CCCC2. The summed E-state index contributed by atoms with van der Waals surface area (Å²) in [5.41, 5.74) is 9.66. The van der Waals surface area contributed by atoms with Gasteiger partial charge in [0.15, 0.2) is 0 Å². The molecule has 1 aliphatic carbocycles. The molecule has 0 aliphatic heterocycles. The zero-order valence-corrected chi connectivity index (χ0v) is 11.9. The fourth-order valence-electron chi connectivity index (χ4n) is 2.48. The molecule has 0 fully saturated rings. The van der Waals surface area contributed by atoms with Gasteiger partial charge < -0.3 is 10.2 Å². The van der Waals surface area contributed by atoms with Crippen LogP contribution in [0.5, 0.6) is 0 Å². The van der Waals surface area contributed by atoms with E-state index in [1.807, 2.05) is 13.0 Å². The minimum atomic E-state index is 0.541. The Morgan fingerprint density at radius 2 is 2.21 bits per heavy atom. The molecule has 100 valence electrons. The molecule has 0 bridgehead atoms. The largest absolute Gasteiger partial charge is 0.468 e. The predicted octanol–water partition coefficient (Wildman–Crippen LogP) is 3.47. The Balaban J connectivity index is 1.97. The first-order chi connectivity index (χ1) is 9.28. The van der Waals surface area contributed by atoms with Gasteiger partial charge in [0, 0.05) is 12.2 Å². The molecule has 0 atom stereocenters.